The fourth-order valence-corrected chi connectivity index (χ4v) is 1.96. The van der Waals surface area contributed by atoms with E-state index in [0.29, 0.717) is 0 Å². The molecule has 1 aliphatic heterocycles. The highest BCUT2D eigenvalue weighted by Crippen LogP contribution is 2.23. The zero-order chi connectivity index (χ0) is 11.5. The average molecular weight is 211 g/mol. The van der Waals surface area contributed by atoms with Crippen LogP contribution in [0.5, 0.6) is 0 Å². The lowest BCUT2D eigenvalue weighted by Gasteiger charge is -2.04. The van der Waals surface area contributed by atoms with Crippen LogP contribution in [0.3, 0.4) is 0 Å². The number of benzene rings is 1. The summed E-state index contributed by atoms with van der Waals surface area (Å²) < 4.78 is 0. The zero-order valence-electron chi connectivity index (χ0n) is 10.1. The van der Waals surface area contributed by atoms with Gasteiger partial charge in [0, 0.05) is 5.71 Å². The van der Waals surface area contributed by atoms with Crippen molar-refractivity contribution in [1.82, 2.24) is 0 Å². The molecule has 0 saturated carbocycles. The quantitative estimate of drug-likeness (QED) is 0.611. The van der Waals surface area contributed by atoms with Crippen LogP contribution in [-0.2, 0) is 6.42 Å². The van der Waals surface area contributed by atoms with Gasteiger partial charge in [0.05, 0.1) is 5.69 Å². The number of aliphatic imine (C=N–C) groups is 1. The first-order valence-electron chi connectivity index (χ1n) is 5.65. The Labute approximate surface area is 97.2 Å². The Morgan fingerprint density at radius 2 is 1.94 bits per heavy atom. The minimum atomic E-state index is 0.957. The molecule has 0 aromatic heterocycles. The van der Waals surface area contributed by atoms with Gasteiger partial charge in [-0.05, 0) is 50.5 Å². The third kappa shape index (κ3) is 2.48. The maximum Gasteiger partial charge on any atom is 0.0668 e. The summed E-state index contributed by atoms with van der Waals surface area (Å²) in [7, 11) is 0. The Morgan fingerprint density at radius 3 is 2.75 bits per heavy atom. The number of fused-ring (bicyclic) bond motifs is 1. The lowest BCUT2D eigenvalue weighted by atomic mass is 10.1. The van der Waals surface area contributed by atoms with Gasteiger partial charge in [-0.3, -0.25) is 4.99 Å². The Morgan fingerprint density at radius 1 is 1.12 bits per heavy atom. The summed E-state index contributed by atoms with van der Waals surface area (Å²) in [5.74, 6) is 0. The SMILES string of the molecule is CC1=CC(C)=Nc2ccc(C)cc2CC=C1. The number of aryl methyl sites for hydroxylation is 1. The van der Waals surface area contributed by atoms with Crippen LogP contribution in [0.4, 0.5) is 5.69 Å². The lowest BCUT2D eigenvalue weighted by molar-refractivity contribution is 1.23. The minimum Gasteiger partial charge on any atom is -0.253 e. The van der Waals surface area contributed by atoms with Crippen LogP contribution in [-0.4, -0.2) is 5.71 Å². The molecule has 0 aliphatic carbocycles. The van der Waals surface area contributed by atoms with E-state index in [1.807, 2.05) is 6.92 Å². The summed E-state index contributed by atoms with van der Waals surface area (Å²) in [6.07, 6.45) is 7.44. The lowest BCUT2D eigenvalue weighted by Crippen LogP contribution is -1.87. The summed E-state index contributed by atoms with van der Waals surface area (Å²) in [5.41, 5.74) is 6.02. The summed E-state index contributed by atoms with van der Waals surface area (Å²) in [6.45, 7) is 6.28. The molecule has 82 valence electrons. The van der Waals surface area contributed by atoms with Crippen molar-refractivity contribution in [3.05, 3.63) is 53.1 Å². The van der Waals surface area contributed by atoms with Crippen molar-refractivity contribution in [3.63, 3.8) is 0 Å². The number of hydrogen-bond donors (Lipinski definition) is 0. The maximum absolute atomic E-state index is 4.65. The van der Waals surface area contributed by atoms with Gasteiger partial charge in [-0.25, -0.2) is 0 Å². The molecule has 0 amide bonds. The average Bonchev–Trinajstić information content (AvgIpc) is 2.26. The summed E-state index contributed by atoms with van der Waals surface area (Å²) in [5, 5.41) is 0. The van der Waals surface area contributed by atoms with Crippen LogP contribution >= 0.6 is 0 Å². The monoisotopic (exact) mass is 211 g/mol. The van der Waals surface area contributed by atoms with Gasteiger partial charge in [-0.15, -0.1) is 0 Å². The van der Waals surface area contributed by atoms with Gasteiger partial charge in [-0.1, -0.05) is 29.8 Å². The Hall–Kier alpha value is -1.63. The molecule has 2 rings (SSSR count). The largest absolute Gasteiger partial charge is 0.253 e. The van der Waals surface area contributed by atoms with Crippen molar-refractivity contribution in [3.8, 4) is 0 Å². The van der Waals surface area contributed by atoms with Crippen molar-refractivity contribution in [2.24, 2.45) is 4.99 Å². The van der Waals surface area contributed by atoms with E-state index in [0.717, 1.165) is 17.8 Å². The van der Waals surface area contributed by atoms with Crippen LogP contribution in [0.15, 0.2) is 47.0 Å². The van der Waals surface area contributed by atoms with Crippen molar-refractivity contribution in [2.45, 2.75) is 27.2 Å². The Balaban J connectivity index is 2.53. The highest BCUT2D eigenvalue weighted by molar-refractivity contribution is 5.95. The molecule has 16 heavy (non-hydrogen) atoms. The molecule has 0 unspecified atom stereocenters. The van der Waals surface area contributed by atoms with E-state index < -0.39 is 0 Å². The first-order chi connectivity index (χ1) is 7.65. The molecule has 0 N–H and O–H groups in total. The number of nitrogens with zero attached hydrogens (tertiary/aromatic N) is 1. The summed E-state index contributed by atoms with van der Waals surface area (Å²) >= 11 is 0. The van der Waals surface area contributed by atoms with E-state index >= 15 is 0 Å². The van der Waals surface area contributed by atoms with E-state index in [9.17, 15) is 0 Å². The van der Waals surface area contributed by atoms with Crippen molar-refractivity contribution < 1.29 is 0 Å². The van der Waals surface area contributed by atoms with Gasteiger partial charge in [0.2, 0.25) is 0 Å². The van der Waals surface area contributed by atoms with Crippen LogP contribution in [0, 0.1) is 6.92 Å². The second-order valence-corrected chi connectivity index (χ2v) is 4.38. The molecular formula is C15H17N. The van der Waals surface area contributed by atoms with Crippen molar-refractivity contribution in [2.75, 3.05) is 0 Å². The van der Waals surface area contributed by atoms with Crippen molar-refractivity contribution >= 4 is 11.4 Å². The molecule has 0 fully saturated rings. The molecule has 0 saturated heterocycles. The van der Waals surface area contributed by atoms with Crippen LogP contribution in [0.2, 0.25) is 0 Å². The van der Waals surface area contributed by atoms with Crippen LogP contribution < -0.4 is 0 Å². The van der Waals surface area contributed by atoms with Crippen LogP contribution in [0.1, 0.15) is 25.0 Å². The van der Waals surface area contributed by atoms with Crippen LogP contribution in [0.25, 0.3) is 0 Å². The fourth-order valence-electron chi connectivity index (χ4n) is 1.96. The first-order valence-corrected chi connectivity index (χ1v) is 5.65. The molecular weight excluding hydrogens is 194 g/mol. The molecule has 1 aliphatic rings. The minimum absolute atomic E-state index is 0.957. The molecule has 1 heterocycles. The van der Waals surface area contributed by atoms with Gasteiger partial charge in [-0.2, -0.15) is 0 Å². The Kier molecular flexibility index (Phi) is 3.04. The highest BCUT2D eigenvalue weighted by atomic mass is 14.7. The predicted octanol–water partition coefficient (Wildman–Crippen LogP) is 4.15. The number of allylic oxidation sites excluding steroid dienone is 4. The number of rotatable bonds is 0. The molecule has 1 aromatic rings. The molecule has 1 aromatic carbocycles. The third-order valence-electron chi connectivity index (χ3n) is 2.69. The second kappa shape index (κ2) is 4.48. The zero-order valence-corrected chi connectivity index (χ0v) is 10.1. The van der Waals surface area contributed by atoms with Gasteiger partial charge >= 0.3 is 0 Å². The first kappa shape index (κ1) is 10.9. The normalized spacial score (nSPS) is 15.4. The number of hydrogen-bond acceptors (Lipinski definition) is 1. The Bertz CT molecular complexity index is 490. The molecule has 1 heteroatoms. The van der Waals surface area contributed by atoms with E-state index in [4.69, 9.17) is 0 Å². The predicted molar refractivity (Wildman–Crippen MR) is 70.5 cm³/mol. The van der Waals surface area contributed by atoms with Gasteiger partial charge in [0.1, 0.15) is 0 Å². The van der Waals surface area contributed by atoms with E-state index in [1.165, 1.54) is 16.7 Å². The van der Waals surface area contributed by atoms with E-state index in [1.54, 1.807) is 0 Å². The second-order valence-electron chi connectivity index (χ2n) is 4.38. The van der Waals surface area contributed by atoms with Crippen molar-refractivity contribution in [1.29, 1.82) is 0 Å². The van der Waals surface area contributed by atoms with Gasteiger partial charge in [0.15, 0.2) is 0 Å². The summed E-state index contributed by atoms with van der Waals surface area (Å²) in [6, 6.07) is 6.45. The van der Waals surface area contributed by atoms with Gasteiger partial charge in [0.25, 0.3) is 0 Å². The highest BCUT2D eigenvalue weighted by Gasteiger charge is 2.02. The van der Waals surface area contributed by atoms with Gasteiger partial charge < -0.3 is 0 Å². The molecule has 0 bridgehead atoms. The summed E-state index contributed by atoms with van der Waals surface area (Å²) in [4.78, 5) is 4.65. The molecule has 1 nitrogen and oxygen atoms in total. The van der Waals surface area contributed by atoms with E-state index in [2.05, 4.69) is 55.3 Å². The molecule has 0 radical (unpaired) electrons. The topological polar surface area (TPSA) is 12.4 Å². The maximum atomic E-state index is 4.65. The third-order valence-corrected chi connectivity index (χ3v) is 2.69. The smallest absolute Gasteiger partial charge is 0.0668 e. The standard InChI is InChI=1S/C15H17N/c1-11-5-4-6-14-10-12(2)7-8-15(14)16-13(3)9-11/h4-5,7-10H,6H2,1-3H3. The molecule has 0 atom stereocenters. The fraction of sp³-hybridized carbons (Fsp3) is 0.267. The molecule has 0 spiro atoms. The van der Waals surface area contributed by atoms with E-state index in [-0.39, 0.29) is 0 Å².